The van der Waals surface area contributed by atoms with Crippen molar-refractivity contribution in [2.75, 3.05) is 13.2 Å². The van der Waals surface area contributed by atoms with Crippen LogP contribution in [-0.2, 0) is 16.1 Å². The smallest absolute Gasteiger partial charge is 0.240 e. The highest BCUT2D eigenvalue weighted by molar-refractivity contribution is 5.86. The van der Waals surface area contributed by atoms with Crippen LogP contribution in [0, 0.1) is 5.82 Å². The van der Waals surface area contributed by atoms with E-state index in [1.807, 2.05) is 0 Å². The minimum absolute atomic E-state index is 0. The molecule has 1 fully saturated rings. The highest BCUT2D eigenvalue weighted by Gasteiger charge is 2.35. The van der Waals surface area contributed by atoms with Crippen molar-refractivity contribution in [3.63, 3.8) is 0 Å². The molecule has 0 unspecified atom stereocenters. The number of aromatic nitrogens is 1. The summed E-state index contributed by atoms with van der Waals surface area (Å²) in [5.74, 6) is -0.203. The molecule has 3 N–H and O–H groups in total. The van der Waals surface area contributed by atoms with E-state index in [1.165, 1.54) is 18.3 Å². The molecular formula is C18H22Cl2FN3O3. The summed E-state index contributed by atoms with van der Waals surface area (Å²) in [7, 11) is 0. The van der Waals surface area contributed by atoms with E-state index in [-0.39, 0.29) is 43.0 Å². The summed E-state index contributed by atoms with van der Waals surface area (Å²) in [6, 6.07) is 7.95. The van der Waals surface area contributed by atoms with E-state index in [4.69, 9.17) is 15.2 Å². The maximum absolute atomic E-state index is 14.2. The number of nitrogens with one attached hydrogen (secondary N) is 1. The van der Waals surface area contributed by atoms with Gasteiger partial charge in [-0.1, -0.05) is 6.07 Å². The molecule has 2 aromatic rings. The number of amides is 1. The van der Waals surface area contributed by atoms with Crippen molar-refractivity contribution in [2.24, 2.45) is 5.73 Å². The van der Waals surface area contributed by atoms with Crippen molar-refractivity contribution >= 4 is 30.7 Å². The second-order valence-electron chi connectivity index (χ2n) is 6.01. The number of ether oxygens (including phenoxy) is 2. The molecule has 1 aromatic carbocycles. The molecule has 1 amide bonds. The van der Waals surface area contributed by atoms with E-state index in [9.17, 15) is 9.18 Å². The average molecular weight is 418 g/mol. The van der Waals surface area contributed by atoms with Gasteiger partial charge in [0.25, 0.3) is 0 Å². The fraction of sp³-hybridized carbons (Fsp3) is 0.333. The Labute approximate surface area is 169 Å². The number of nitrogens with two attached hydrogens (primary N) is 1. The summed E-state index contributed by atoms with van der Waals surface area (Å²) in [5.41, 5.74) is 5.82. The second-order valence-corrected chi connectivity index (χ2v) is 6.01. The van der Waals surface area contributed by atoms with Crippen molar-refractivity contribution in [2.45, 2.75) is 24.9 Å². The van der Waals surface area contributed by atoms with Crippen molar-refractivity contribution in [3.8, 4) is 11.5 Å². The van der Waals surface area contributed by atoms with Crippen LogP contribution in [0.4, 0.5) is 4.39 Å². The number of carbonyl (C=O) groups excluding carboxylic acids is 1. The van der Waals surface area contributed by atoms with Gasteiger partial charge in [0.05, 0.1) is 11.7 Å². The zero-order valence-corrected chi connectivity index (χ0v) is 16.2. The molecule has 1 aliphatic heterocycles. The fourth-order valence-corrected chi connectivity index (χ4v) is 2.59. The molecule has 1 saturated heterocycles. The normalized spacial score (nSPS) is 15.0. The number of hydrogen-bond acceptors (Lipinski definition) is 5. The van der Waals surface area contributed by atoms with Gasteiger partial charge in [-0.25, -0.2) is 4.39 Å². The van der Waals surface area contributed by atoms with Gasteiger partial charge in [-0.15, -0.1) is 24.8 Å². The van der Waals surface area contributed by atoms with Crippen LogP contribution in [0.15, 0.2) is 42.7 Å². The lowest BCUT2D eigenvalue weighted by Crippen LogP contribution is -2.56. The first-order valence-electron chi connectivity index (χ1n) is 8.08. The van der Waals surface area contributed by atoms with Crippen LogP contribution in [0.1, 0.15) is 18.4 Å². The topological polar surface area (TPSA) is 86.5 Å². The first-order chi connectivity index (χ1) is 12.1. The molecule has 6 nitrogen and oxygen atoms in total. The molecule has 0 saturated carbocycles. The third kappa shape index (κ3) is 6.04. The lowest BCUT2D eigenvalue weighted by Gasteiger charge is -2.31. The Morgan fingerprint density at radius 3 is 2.67 bits per heavy atom. The Bertz CT molecular complexity index is 744. The molecule has 9 heteroatoms. The zero-order valence-electron chi connectivity index (χ0n) is 14.5. The Hall–Kier alpha value is -1.93. The number of carbonyl (C=O) groups is 1. The van der Waals surface area contributed by atoms with Crippen LogP contribution in [0.3, 0.4) is 0 Å². The SMILES string of the molecule is Cl.Cl.NC1(C(=O)NCc2ccc(Oc3cccnc3)c(F)c2)CCOCC1. The number of hydrogen-bond donors (Lipinski definition) is 2. The minimum atomic E-state index is -0.917. The van der Waals surface area contributed by atoms with E-state index in [1.54, 1.807) is 24.4 Å². The lowest BCUT2D eigenvalue weighted by atomic mass is 9.90. The molecular weight excluding hydrogens is 396 g/mol. The molecule has 1 aromatic heterocycles. The summed E-state index contributed by atoms with van der Waals surface area (Å²) in [4.78, 5) is 16.2. The van der Waals surface area contributed by atoms with Gasteiger partial charge in [0.15, 0.2) is 11.6 Å². The van der Waals surface area contributed by atoms with Gasteiger partial charge in [0, 0.05) is 26.0 Å². The molecule has 0 atom stereocenters. The number of halogens is 3. The first-order valence-corrected chi connectivity index (χ1v) is 8.08. The highest BCUT2D eigenvalue weighted by atomic mass is 35.5. The molecule has 0 aliphatic carbocycles. The van der Waals surface area contributed by atoms with Crippen molar-refractivity contribution < 1.29 is 18.7 Å². The second kappa shape index (κ2) is 10.4. The number of rotatable bonds is 5. The molecule has 27 heavy (non-hydrogen) atoms. The Balaban J connectivity index is 0.00000182. The van der Waals surface area contributed by atoms with Crippen LogP contribution in [0.5, 0.6) is 11.5 Å². The standard InChI is InChI=1S/C18H20FN3O3.2ClH/c19-15-10-13(3-4-16(15)25-14-2-1-7-21-12-14)11-22-17(23)18(20)5-8-24-9-6-18;;/h1-4,7,10,12H,5-6,8-9,11,20H2,(H,22,23);2*1H. The summed E-state index contributed by atoms with van der Waals surface area (Å²) in [6.07, 6.45) is 4.07. The number of pyridine rings is 1. The van der Waals surface area contributed by atoms with Crippen LogP contribution in [0.25, 0.3) is 0 Å². The molecule has 0 radical (unpaired) electrons. The predicted octanol–water partition coefficient (Wildman–Crippen LogP) is 2.98. The van der Waals surface area contributed by atoms with Crippen molar-refractivity contribution in [1.82, 2.24) is 10.3 Å². The maximum Gasteiger partial charge on any atom is 0.240 e. The Morgan fingerprint density at radius 1 is 1.30 bits per heavy atom. The quantitative estimate of drug-likeness (QED) is 0.780. The van der Waals surface area contributed by atoms with E-state index in [0.717, 1.165) is 0 Å². The monoisotopic (exact) mass is 417 g/mol. The zero-order chi connectivity index (χ0) is 17.7. The van der Waals surface area contributed by atoms with Crippen molar-refractivity contribution in [3.05, 3.63) is 54.1 Å². The van der Waals surface area contributed by atoms with Gasteiger partial charge in [-0.3, -0.25) is 9.78 Å². The van der Waals surface area contributed by atoms with Gasteiger partial charge >= 0.3 is 0 Å². The van der Waals surface area contributed by atoms with Crippen LogP contribution in [-0.4, -0.2) is 29.6 Å². The highest BCUT2D eigenvalue weighted by Crippen LogP contribution is 2.24. The first kappa shape index (κ1) is 23.1. The molecule has 148 valence electrons. The average Bonchev–Trinajstić information content (AvgIpc) is 2.63. The van der Waals surface area contributed by atoms with Gasteiger partial charge in [0.2, 0.25) is 5.91 Å². The summed E-state index contributed by atoms with van der Waals surface area (Å²) in [6.45, 7) is 1.14. The summed E-state index contributed by atoms with van der Waals surface area (Å²) in [5, 5.41) is 2.77. The van der Waals surface area contributed by atoms with Gasteiger partial charge in [-0.05, 0) is 42.7 Å². The largest absolute Gasteiger partial charge is 0.453 e. The van der Waals surface area contributed by atoms with E-state index < -0.39 is 11.4 Å². The predicted molar refractivity (Wildman–Crippen MR) is 104 cm³/mol. The maximum atomic E-state index is 14.2. The lowest BCUT2D eigenvalue weighted by molar-refractivity contribution is -0.129. The number of nitrogens with zero attached hydrogens (tertiary/aromatic N) is 1. The summed E-state index contributed by atoms with van der Waals surface area (Å²) < 4.78 is 24.9. The van der Waals surface area contributed by atoms with Gasteiger partial charge in [0.1, 0.15) is 5.75 Å². The third-order valence-corrected chi connectivity index (χ3v) is 4.15. The summed E-state index contributed by atoms with van der Waals surface area (Å²) >= 11 is 0. The Kier molecular flexibility index (Phi) is 8.92. The molecule has 2 heterocycles. The van der Waals surface area contributed by atoms with Crippen LogP contribution < -0.4 is 15.8 Å². The Morgan fingerprint density at radius 2 is 2.04 bits per heavy atom. The molecule has 0 spiro atoms. The van der Waals surface area contributed by atoms with Crippen LogP contribution >= 0.6 is 24.8 Å². The van der Waals surface area contributed by atoms with E-state index in [2.05, 4.69) is 10.3 Å². The molecule has 1 aliphatic rings. The molecule has 0 bridgehead atoms. The van der Waals surface area contributed by atoms with Crippen molar-refractivity contribution in [1.29, 1.82) is 0 Å². The fourth-order valence-electron chi connectivity index (χ4n) is 2.59. The van der Waals surface area contributed by atoms with Gasteiger partial charge < -0.3 is 20.5 Å². The molecule has 3 rings (SSSR count). The number of benzene rings is 1. The van der Waals surface area contributed by atoms with Crippen LogP contribution in [0.2, 0.25) is 0 Å². The third-order valence-electron chi connectivity index (χ3n) is 4.15. The van der Waals surface area contributed by atoms with E-state index >= 15 is 0 Å². The van der Waals surface area contributed by atoms with E-state index in [0.29, 0.717) is 37.4 Å². The minimum Gasteiger partial charge on any atom is -0.453 e. The van der Waals surface area contributed by atoms with Gasteiger partial charge in [-0.2, -0.15) is 0 Å².